The first kappa shape index (κ1) is 27.1. The molecule has 0 saturated carbocycles. The van der Waals surface area contributed by atoms with Crippen LogP contribution in [0.1, 0.15) is 69.9 Å². The summed E-state index contributed by atoms with van der Waals surface area (Å²) in [7, 11) is 0. The van der Waals surface area contributed by atoms with Crippen LogP contribution in [0.5, 0.6) is 23.0 Å². The van der Waals surface area contributed by atoms with E-state index in [0.29, 0.717) is 0 Å². The molecule has 0 aliphatic carbocycles. The van der Waals surface area contributed by atoms with E-state index in [4.69, 9.17) is 20.9 Å². The van der Waals surface area contributed by atoms with E-state index in [0.717, 1.165) is 40.8 Å². The predicted octanol–water partition coefficient (Wildman–Crippen LogP) is 9.49. The van der Waals surface area contributed by atoms with E-state index >= 15 is 0 Å². The van der Waals surface area contributed by atoms with Gasteiger partial charge >= 0.3 is 0 Å². The zero-order valence-electron chi connectivity index (χ0n) is 22.7. The van der Waals surface area contributed by atoms with Crippen LogP contribution in [0.25, 0.3) is 0 Å². The van der Waals surface area contributed by atoms with Crippen LogP contribution < -0.4 is 20.9 Å². The second-order valence-electron chi connectivity index (χ2n) is 10.2. The molecule has 0 saturated heterocycles. The van der Waals surface area contributed by atoms with Crippen LogP contribution >= 0.6 is 0 Å². The molecule has 0 aromatic heterocycles. The molecule has 4 rings (SSSR count). The van der Waals surface area contributed by atoms with Crippen molar-refractivity contribution in [1.29, 1.82) is 0 Å². The Morgan fingerprint density at radius 3 is 1.24 bits per heavy atom. The van der Waals surface area contributed by atoms with Crippen molar-refractivity contribution in [2.24, 2.45) is 0 Å². The summed E-state index contributed by atoms with van der Waals surface area (Å²) in [5, 5.41) is 0. The van der Waals surface area contributed by atoms with Crippen LogP contribution in [0, 0.1) is 0 Å². The molecule has 0 bridgehead atoms. The Bertz CT molecular complexity index is 1160. The molecule has 0 amide bonds. The van der Waals surface area contributed by atoms with Crippen LogP contribution in [0.4, 0.5) is 11.4 Å². The maximum absolute atomic E-state index is 6.04. The van der Waals surface area contributed by atoms with Gasteiger partial charge in [-0.05, 0) is 90.3 Å². The van der Waals surface area contributed by atoms with E-state index in [1.165, 1.54) is 49.7 Å². The molecule has 0 aliphatic heterocycles. The number of nitrogens with two attached hydrogens (primary N) is 2. The molecule has 4 heteroatoms. The fourth-order valence-electron chi connectivity index (χ4n) is 4.84. The summed E-state index contributed by atoms with van der Waals surface area (Å²) in [4.78, 5) is 0. The number of anilines is 2. The Labute approximate surface area is 227 Å². The van der Waals surface area contributed by atoms with Crippen molar-refractivity contribution in [3.8, 4) is 23.0 Å². The van der Waals surface area contributed by atoms with Crippen LogP contribution in [0.15, 0.2) is 97.1 Å². The van der Waals surface area contributed by atoms with Crippen LogP contribution in [-0.2, 0) is 5.41 Å². The Kier molecular flexibility index (Phi) is 9.31. The zero-order valence-corrected chi connectivity index (χ0v) is 22.7. The van der Waals surface area contributed by atoms with Gasteiger partial charge in [-0.15, -0.1) is 0 Å². The Morgan fingerprint density at radius 2 is 0.842 bits per heavy atom. The average Bonchev–Trinajstić information content (AvgIpc) is 2.94. The van der Waals surface area contributed by atoms with Gasteiger partial charge < -0.3 is 20.9 Å². The fraction of sp³-hybridized carbons (Fsp3) is 0.294. The highest BCUT2D eigenvalue weighted by atomic mass is 16.5. The van der Waals surface area contributed by atoms with Crippen molar-refractivity contribution in [1.82, 2.24) is 0 Å². The first-order valence-corrected chi connectivity index (χ1v) is 13.7. The molecule has 4 aromatic rings. The monoisotopic (exact) mass is 508 g/mol. The minimum absolute atomic E-state index is 0.121. The molecule has 198 valence electrons. The largest absolute Gasteiger partial charge is 0.457 e. The highest BCUT2D eigenvalue weighted by Gasteiger charge is 2.28. The maximum Gasteiger partial charge on any atom is 0.127 e. The Morgan fingerprint density at radius 1 is 0.500 bits per heavy atom. The molecule has 38 heavy (non-hydrogen) atoms. The van der Waals surface area contributed by atoms with Gasteiger partial charge in [0.1, 0.15) is 23.0 Å². The maximum atomic E-state index is 6.04. The third-order valence-corrected chi connectivity index (χ3v) is 7.24. The molecule has 4 N–H and O–H groups in total. The van der Waals surface area contributed by atoms with Crippen molar-refractivity contribution >= 4 is 11.4 Å². The van der Waals surface area contributed by atoms with Gasteiger partial charge in [-0.2, -0.15) is 0 Å². The molecular weight excluding hydrogens is 468 g/mol. The van der Waals surface area contributed by atoms with E-state index in [-0.39, 0.29) is 5.41 Å². The normalized spacial score (nSPS) is 11.3. The lowest BCUT2D eigenvalue weighted by Crippen LogP contribution is -2.23. The third kappa shape index (κ3) is 7.32. The van der Waals surface area contributed by atoms with Gasteiger partial charge in [-0.1, -0.05) is 76.6 Å². The molecule has 4 nitrogen and oxygen atoms in total. The number of rotatable bonds is 13. The fourth-order valence-corrected chi connectivity index (χ4v) is 4.84. The van der Waals surface area contributed by atoms with Crippen molar-refractivity contribution in [3.05, 3.63) is 108 Å². The predicted molar refractivity (Wildman–Crippen MR) is 159 cm³/mol. The Hall–Kier alpha value is -3.92. The SMILES string of the molecule is CCCCCCCCC(C)(c1ccc(Oc2ccc(N)cc2)cc1)c1ccc(Oc2ccc(N)cc2)cc1. The van der Waals surface area contributed by atoms with Gasteiger partial charge in [0.2, 0.25) is 0 Å². The van der Waals surface area contributed by atoms with E-state index in [1.807, 2.05) is 48.5 Å². The lowest BCUT2D eigenvalue weighted by Gasteiger charge is -2.31. The second kappa shape index (κ2) is 13.0. The van der Waals surface area contributed by atoms with Crippen molar-refractivity contribution in [2.75, 3.05) is 11.5 Å². The average molecular weight is 509 g/mol. The summed E-state index contributed by atoms with van der Waals surface area (Å²) in [5.41, 5.74) is 15.5. The number of unbranched alkanes of at least 4 members (excludes halogenated alkanes) is 5. The van der Waals surface area contributed by atoms with Crippen molar-refractivity contribution < 1.29 is 9.47 Å². The first-order valence-electron chi connectivity index (χ1n) is 13.7. The number of ether oxygens (including phenoxy) is 2. The molecular formula is C34H40N2O2. The van der Waals surface area contributed by atoms with Crippen molar-refractivity contribution in [2.45, 2.75) is 64.2 Å². The van der Waals surface area contributed by atoms with Gasteiger partial charge in [0, 0.05) is 16.8 Å². The van der Waals surface area contributed by atoms with Crippen LogP contribution in [0.3, 0.4) is 0 Å². The van der Waals surface area contributed by atoms with Gasteiger partial charge in [0.25, 0.3) is 0 Å². The van der Waals surface area contributed by atoms with E-state index in [2.05, 4.69) is 62.4 Å². The van der Waals surface area contributed by atoms with Gasteiger partial charge in [0.15, 0.2) is 0 Å². The van der Waals surface area contributed by atoms with E-state index in [9.17, 15) is 0 Å². The first-order chi connectivity index (χ1) is 18.5. The third-order valence-electron chi connectivity index (χ3n) is 7.24. The molecule has 0 fully saturated rings. The number of nitrogen functional groups attached to an aromatic ring is 2. The quantitative estimate of drug-likeness (QED) is 0.139. The minimum Gasteiger partial charge on any atom is -0.457 e. The smallest absolute Gasteiger partial charge is 0.127 e. The van der Waals surface area contributed by atoms with Crippen molar-refractivity contribution in [3.63, 3.8) is 0 Å². The Balaban J connectivity index is 1.51. The number of hydrogen-bond acceptors (Lipinski definition) is 4. The molecule has 0 spiro atoms. The van der Waals surface area contributed by atoms with E-state index < -0.39 is 0 Å². The molecule has 0 unspecified atom stereocenters. The molecule has 4 aromatic carbocycles. The van der Waals surface area contributed by atoms with Crippen LogP contribution in [0.2, 0.25) is 0 Å². The highest BCUT2D eigenvalue weighted by molar-refractivity contribution is 5.47. The highest BCUT2D eigenvalue weighted by Crippen LogP contribution is 2.39. The lowest BCUT2D eigenvalue weighted by atomic mass is 9.72. The summed E-state index contributed by atoms with van der Waals surface area (Å²) in [6, 6.07) is 32.0. The standard InChI is InChI=1S/C34H40N2O2/c1-3-4-5-6-7-8-25-34(2,26-9-17-30(18-10-26)37-32-21-13-28(35)14-22-32)27-11-19-31(20-12-27)38-33-23-15-29(36)16-24-33/h9-24H,3-8,25,35-36H2,1-2H3. The number of benzene rings is 4. The summed E-state index contributed by atoms with van der Waals surface area (Å²) < 4.78 is 12.1. The second-order valence-corrected chi connectivity index (χ2v) is 10.2. The van der Waals surface area contributed by atoms with Gasteiger partial charge in [-0.25, -0.2) is 0 Å². The molecule has 0 atom stereocenters. The number of hydrogen-bond donors (Lipinski definition) is 2. The summed E-state index contributed by atoms with van der Waals surface area (Å²) in [6.07, 6.45) is 8.74. The summed E-state index contributed by atoms with van der Waals surface area (Å²) in [5.74, 6) is 3.18. The summed E-state index contributed by atoms with van der Waals surface area (Å²) in [6.45, 7) is 4.61. The van der Waals surface area contributed by atoms with Gasteiger partial charge in [-0.3, -0.25) is 0 Å². The molecule has 0 aliphatic rings. The topological polar surface area (TPSA) is 70.5 Å². The van der Waals surface area contributed by atoms with Crippen LogP contribution in [-0.4, -0.2) is 0 Å². The lowest BCUT2D eigenvalue weighted by molar-refractivity contribution is 0.464. The van der Waals surface area contributed by atoms with Gasteiger partial charge in [0.05, 0.1) is 0 Å². The summed E-state index contributed by atoms with van der Waals surface area (Å²) >= 11 is 0. The molecule has 0 radical (unpaired) electrons. The zero-order chi connectivity index (χ0) is 26.8. The van der Waals surface area contributed by atoms with E-state index in [1.54, 1.807) is 0 Å². The minimum atomic E-state index is -0.121. The molecule has 0 heterocycles.